The average molecular weight is 467 g/mol. The first-order chi connectivity index (χ1) is 16.2. The van der Waals surface area contributed by atoms with Gasteiger partial charge < -0.3 is 4.42 Å². The third kappa shape index (κ3) is 5.24. The molecule has 2 aromatic heterocycles. The van der Waals surface area contributed by atoms with Gasteiger partial charge in [-0.05, 0) is 60.8 Å². The molecule has 1 atom stereocenters. The number of amides is 1. The molecule has 2 aliphatic heterocycles. The second-order valence-corrected chi connectivity index (χ2v) is 9.48. The van der Waals surface area contributed by atoms with Crippen LogP contribution in [0.1, 0.15) is 35.1 Å². The van der Waals surface area contributed by atoms with Crippen molar-refractivity contribution in [1.29, 1.82) is 0 Å². The Labute approximate surface area is 196 Å². The van der Waals surface area contributed by atoms with Crippen LogP contribution in [0.4, 0.5) is 4.39 Å². The van der Waals surface area contributed by atoms with Crippen molar-refractivity contribution in [3.63, 3.8) is 0 Å². The molecule has 0 aliphatic carbocycles. The van der Waals surface area contributed by atoms with Gasteiger partial charge in [0.1, 0.15) is 17.6 Å². The minimum atomic E-state index is -0.209. The van der Waals surface area contributed by atoms with Gasteiger partial charge in [-0.2, -0.15) is 5.10 Å². The van der Waals surface area contributed by atoms with Crippen molar-refractivity contribution < 1.29 is 13.6 Å². The average Bonchev–Trinajstić information content (AvgIpc) is 3.57. The van der Waals surface area contributed by atoms with Crippen LogP contribution in [-0.4, -0.2) is 59.2 Å². The van der Waals surface area contributed by atoms with E-state index < -0.39 is 0 Å². The Bertz CT molecular complexity index is 1080. The van der Waals surface area contributed by atoms with Crippen molar-refractivity contribution >= 4 is 23.0 Å². The number of carbonyl (C=O) groups excluding carboxylic acids is 1. The number of rotatable bonds is 6. The van der Waals surface area contributed by atoms with Gasteiger partial charge in [0.2, 0.25) is 0 Å². The van der Waals surface area contributed by atoms with Crippen molar-refractivity contribution in [2.75, 3.05) is 32.7 Å². The Morgan fingerprint density at radius 1 is 1.06 bits per heavy atom. The number of hydrogen-bond acceptors (Lipinski definition) is 6. The van der Waals surface area contributed by atoms with Crippen molar-refractivity contribution in [1.82, 2.24) is 14.8 Å². The molecule has 3 aromatic rings. The number of nitrogens with zero attached hydrogens (tertiary/aromatic N) is 4. The van der Waals surface area contributed by atoms with Crippen molar-refractivity contribution in [3.8, 4) is 0 Å². The highest BCUT2D eigenvalue weighted by atomic mass is 32.1. The Morgan fingerprint density at radius 2 is 1.88 bits per heavy atom. The number of halogens is 1. The van der Waals surface area contributed by atoms with Crippen LogP contribution in [0.3, 0.4) is 0 Å². The molecule has 1 unspecified atom stereocenters. The minimum absolute atomic E-state index is 0.00468. The third-order valence-corrected chi connectivity index (χ3v) is 7.12. The molecule has 5 rings (SSSR count). The van der Waals surface area contributed by atoms with Gasteiger partial charge >= 0.3 is 0 Å². The molecule has 1 saturated heterocycles. The van der Waals surface area contributed by atoms with Gasteiger partial charge in [-0.3, -0.25) is 14.6 Å². The van der Waals surface area contributed by atoms with Crippen LogP contribution >= 0.6 is 11.3 Å². The lowest BCUT2D eigenvalue weighted by Crippen LogP contribution is -2.40. The molecule has 2 aliphatic rings. The molecule has 0 bridgehead atoms. The van der Waals surface area contributed by atoms with Crippen LogP contribution in [0.25, 0.3) is 0 Å². The van der Waals surface area contributed by atoms with E-state index in [0.717, 1.165) is 61.1 Å². The predicted octanol–water partition coefficient (Wildman–Crippen LogP) is 4.37. The number of thiophene rings is 1. The van der Waals surface area contributed by atoms with E-state index in [1.54, 1.807) is 22.6 Å². The molecule has 172 valence electrons. The summed E-state index contributed by atoms with van der Waals surface area (Å²) in [4.78, 5) is 19.0. The van der Waals surface area contributed by atoms with Crippen molar-refractivity contribution in [3.05, 3.63) is 82.2 Å². The highest BCUT2D eigenvalue weighted by Gasteiger charge is 2.35. The molecule has 1 amide bonds. The molecule has 4 heterocycles. The van der Waals surface area contributed by atoms with Crippen LogP contribution in [0.15, 0.2) is 69.7 Å². The SMILES string of the molecule is O=C(CN1CCCN(Cc2ccc(F)cc2)CC1)N1N=C(c2cccs2)CC1c1ccco1. The molecule has 1 aromatic carbocycles. The lowest BCUT2D eigenvalue weighted by atomic mass is 10.1. The lowest BCUT2D eigenvalue weighted by Gasteiger charge is -2.25. The van der Waals surface area contributed by atoms with E-state index in [9.17, 15) is 9.18 Å². The van der Waals surface area contributed by atoms with Gasteiger partial charge in [0, 0.05) is 26.1 Å². The fourth-order valence-electron chi connectivity index (χ4n) is 4.49. The fraction of sp³-hybridized carbons (Fsp3) is 0.360. The first-order valence-electron chi connectivity index (χ1n) is 11.3. The zero-order valence-corrected chi connectivity index (χ0v) is 19.2. The van der Waals surface area contributed by atoms with Gasteiger partial charge in [-0.25, -0.2) is 9.40 Å². The molecule has 0 radical (unpaired) electrons. The second-order valence-electron chi connectivity index (χ2n) is 8.53. The van der Waals surface area contributed by atoms with Gasteiger partial charge in [0.05, 0.1) is 23.4 Å². The summed E-state index contributed by atoms with van der Waals surface area (Å²) in [6, 6.07) is 14.3. The molecule has 0 saturated carbocycles. The minimum Gasteiger partial charge on any atom is -0.467 e. The Morgan fingerprint density at radius 3 is 2.64 bits per heavy atom. The zero-order valence-electron chi connectivity index (χ0n) is 18.4. The summed E-state index contributed by atoms with van der Waals surface area (Å²) in [7, 11) is 0. The summed E-state index contributed by atoms with van der Waals surface area (Å²) in [6.45, 7) is 4.64. The first kappa shape index (κ1) is 22.0. The molecular formula is C25H27FN4O2S. The molecule has 6 nitrogen and oxygen atoms in total. The van der Waals surface area contributed by atoms with E-state index in [1.807, 2.05) is 41.8 Å². The molecule has 0 N–H and O–H groups in total. The number of furan rings is 1. The maximum absolute atomic E-state index is 13.3. The maximum atomic E-state index is 13.3. The van der Waals surface area contributed by atoms with Crippen LogP contribution in [0.5, 0.6) is 0 Å². The standard InChI is InChI=1S/C25H27FN4O2S/c26-20-8-6-19(7-9-20)17-28-10-3-11-29(13-12-28)18-25(31)30-22(23-4-1-14-32-23)16-21(27-30)24-5-2-15-33-24/h1-2,4-9,14-15,22H,3,10-13,16-18H2. The van der Waals surface area contributed by atoms with E-state index >= 15 is 0 Å². The summed E-state index contributed by atoms with van der Waals surface area (Å²) >= 11 is 1.64. The van der Waals surface area contributed by atoms with Gasteiger partial charge in [0.15, 0.2) is 0 Å². The van der Waals surface area contributed by atoms with E-state index in [0.29, 0.717) is 13.0 Å². The predicted molar refractivity (Wildman–Crippen MR) is 127 cm³/mol. The van der Waals surface area contributed by atoms with Gasteiger partial charge in [0.25, 0.3) is 5.91 Å². The summed E-state index contributed by atoms with van der Waals surface area (Å²) in [5.74, 6) is 0.550. The molecule has 1 fully saturated rings. The highest BCUT2D eigenvalue weighted by Crippen LogP contribution is 2.34. The number of hydrazone groups is 1. The number of hydrogen-bond donors (Lipinski definition) is 0. The summed E-state index contributed by atoms with van der Waals surface area (Å²) in [5, 5.41) is 8.36. The summed E-state index contributed by atoms with van der Waals surface area (Å²) in [5.41, 5.74) is 2.04. The first-order valence-corrected chi connectivity index (χ1v) is 12.2. The van der Waals surface area contributed by atoms with Crippen molar-refractivity contribution in [2.24, 2.45) is 5.10 Å². The smallest absolute Gasteiger partial charge is 0.257 e. The van der Waals surface area contributed by atoms with Crippen LogP contribution < -0.4 is 0 Å². The molecule has 33 heavy (non-hydrogen) atoms. The van der Waals surface area contributed by atoms with E-state index in [-0.39, 0.29) is 17.8 Å². The molecular weight excluding hydrogens is 439 g/mol. The van der Waals surface area contributed by atoms with E-state index in [1.165, 1.54) is 12.1 Å². The largest absolute Gasteiger partial charge is 0.467 e. The Hall–Kier alpha value is -2.81. The van der Waals surface area contributed by atoms with Gasteiger partial charge in [-0.1, -0.05) is 18.2 Å². The number of benzene rings is 1. The zero-order chi connectivity index (χ0) is 22.6. The Balaban J connectivity index is 1.22. The quantitative estimate of drug-likeness (QED) is 0.542. The van der Waals surface area contributed by atoms with E-state index in [2.05, 4.69) is 9.80 Å². The second kappa shape index (κ2) is 9.99. The van der Waals surface area contributed by atoms with Crippen LogP contribution in [0.2, 0.25) is 0 Å². The van der Waals surface area contributed by atoms with Crippen LogP contribution in [0, 0.1) is 5.82 Å². The fourth-order valence-corrected chi connectivity index (χ4v) is 5.21. The number of carbonyl (C=O) groups is 1. The monoisotopic (exact) mass is 466 g/mol. The van der Waals surface area contributed by atoms with Gasteiger partial charge in [-0.15, -0.1) is 11.3 Å². The topological polar surface area (TPSA) is 52.3 Å². The third-order valence-electron chi connectivity index (χ3n) is 6.20. The lowest BCUT2D eigenvalue weighted by molar-refractivity contribution is -0.134. The molecule has 0 spiro atoms. The summed E-state index contributed by atoms with van der Waals surface area (Å²) in [6.07, 6.45) is 3.29. The van der Waals surface area contributed by atoms with Crippen LogP contribution in [-0.2, 0) is 11.3 Å². The maximum Gasteiger partial charge on any atom is 0.257 e. The van der Waals surface area contributed by atoms with Crippen molar-refractivity contribution in [2.45, 2.75) is 25.4 Å². The highest BCUT2D eigenvalue weighted by molar-refractivity contribution is 7.12. The normalized spacial score (nSPS) is 20.1. The molecule has 8 heteroatoms. The Kier molecular flexibility index (Phi) is 6.66. The van der Waals surface area contributed by atoms with E-state index in [4.69, 9.17) is 9.52 Å². The summed E-state index contributed by atoms with van der Waals surface area (Å²) < 4.78 is 18.8.